The lowest BCUT2D eigenvalue weighted by molar-refractivity contribution is -0.135. The Kier molecular flexibility index (Phi) is 8.79. The Labute approximate surface area is 214 Å². The van der Waals surface area contributed by atoms with Gasteiger partial charge in [-0.25, -0.2) is 0 Å². The lowest BCUT2D eigenvalue weighted by Crippen LogP contribution is -2.49. The first-order valence-electron chi connectivity index (χ1n) is 13.9. The van der Waals surface area contributed by atoms with Crippen molar-refractivity contribution in [1.82, 2.24) is 24.6 Å². The highest BCUT2D eigenvalue weighted by Crippen LogP contribution is 2.31. The average molecular weight is 496 g/mol. The maximum Gasteiger partial charge on any atom is 0.233 e. The number of nitrogens with zero attached hydrogens (tertiary/aromatic N) is 5. The lowest BCUT2D eigenvalue weighted by atomic mass is 9.88. The number of carbonyl (C=O) groups is 1. The van der Waals surface area contributed by atoms with E-state index in [0.29, 0.717) is 23.7 Å². The highest BCUT2D eigenvalue weighted by Gasteiger charge is 2.32. The highest BCUT2D eigenvalue weighted by molar-refractivity contribution is 7.99. The molecule has 1 aromatic heterocycles. The fourth-order valence-corrected chi connectivity index (χ4v) is 7.06. The summed E-state index contributed by atoms with van der Waals surface area (Å²) in [6.07, 6.45) is 14.9. The van der Waals surface area contributed by atoms with Crippen molar-refractivity contribution in [2.45, 2.75) is 107 Å². The Hall–Kier alpha value is -1.86. The zero-order valence-electron chi connectivity index (χ0n) is 21.1. The smallest absolute Gasteiger partial charge is 0.233 e. The van der Waals surface area contributed by atoms with Gasteiger partial charge in [0.25, 0.3) is 0 Å². The van der Waals surface area contributed by atoms with E-state index in [2.05, 4.69) is 54.9 Å². The molecule has 3 fully saturated rings. The van der Waals surface area contributed by atoms with Gasteiger partial charge < -0.3 is 9.47 Å². The third-order valence-electron chi connectivity index (χ3n) is 8.09. The summed E-state index contributed by atoms with van der Waals surface area (Å²) in [4.78, 5) is 18.5. The second-order valence-corrected chi connectivity index (χ2v) is 11.6. The Morgan fingerprint density at radius 3 is 2.09 bits per heavy atom. The molecule has 2 aromatic rings. The number of benzene rings is 1. The van der Waals surface area contributed by atoms with Crippen LogP contribution in [0.25, 0.3) is 0 Å². The lowest BCUT2D eigenvalue weighted by Gasteiger charge is -2.41. The zero-order chi connectivity index (χ0) is 23.9. The summed E-state index contributed by atoms with van der Waals surface area (Å²) in [7, 11) is 0. The van der Waals surface area contributed by atoms with E-state index < -0.39 is 0 Å². The second kappa shape index (κ2) is 12.4. The molecule has 0 atom stereocenters. The molecule has 0 spiro atoms. The van der Waals surface area contributed by atoms with Gasteiger partial charge in [0.15, 0.2) is 5.16 Å². The predicted molar refractivity (Wildman–Crippen MR) is 141 cm³/mol. The minimum Gasteiger partial charge on any atom is -0.336 e. The molecule has 0 bridgehead atoms. The summed E-state index contributed by atoms with van der Waals surface area (Å²) in [6, 6.07) is 11.4. The van der Waals surface area contributed by atoms with E-state index in [1.54, 1.807) is 11.8 Å². The van der Waals surface area contributed by atoms with Crippen LogP contribution in [0.2, 0.25) is 0 Å². The Morgan fingerprint density at radius 1 is 0.829 bits per heavy atom. The topological polar surface area (TPSA) is 54.3 Å². The van der Waals surface area contributed by atoms with Crippen LogP contribution in [0.15, 0.2) is 35.5 Å². The van der Waals surface area contributed by atoms with Gasteiger partial charge in [0.05, 0.1) is 18.8 Å². The van der Waals surface area contributed by atoms with Crippen molar-refractivity contribution in [3.05, 3.63) is 41.7 Å². The molecule has 190 valence electrons. The van der Waals surface area contributed by atoms with Crippen LogP contribution in [0, 0.1) is 0 Å². The van der Waals surface area contributed by atoms with Gasteiger partial charge in [-0.05, 0) is 57.2 Å². The summed E-state index contributed by atoms with van der Waals surface area (Å²) >= 11 is 1.59. The minimum absolute atomic E-state index is 0.309. The summed E-state index contributed by atoms with van der Waals surface area (Å²) in [5, 5.41) is 10.1. The fraction of sp³-hybridized carbons (Fsp3) is 0.679. The second-order valence-electron chi connectivity index (χ2n) is 10.6. The zero-order valence-corrected chi connectivity index (χ0v) is 21.9. The van der Waals surface area contributed by atoms with E-state index in [1.807, 2.05) is 0 Å². The first-order valence-corrected chi connectivity index (χ1v) is 14.9. The molecule has 1 aromatic carbocycles. The molecule has 2 heterocycles. The van der Waals surface area contributed by atoms with Gasteiger partial charge in [-0.15, -0.1) is 10.2 Å². The molecular formula is C28H41N5OS. The van der Waals surface area contributed by atoms with Crippen molar-refractivity contribution in [3.8, 4) is 0 Å². The van der Waals surface area contributed by atoms with Gasteiger partial charge in [0.2, 0.25) is 5.91 Å². The van der Waals surface area contributed by atoms with E-state index in [1.165, 1.54) is 82.6 Å². The number of likely N-dealkylation sites (tertiary alicyclic amines) is 1. The van der Waals surface area contributed by atoms with Gasteiger partial charge in [-0.2, -0.15) is 0 Å². The molecule has 1 aliphatic heterocycles. The van der Waals surface area contributed by atoms with Gasteiger partial charge in [-0.1, -0.05) is 80.6 Å². The number of aromatic nitrogens is 3. The van der Waals surface area contributed by atoms with Gasteiger partial charge in [-0.3, -0.25) is 9.69 Å². The Bertz CT molecular complexity index is 912. The quantitative estimate of drug-likeness (QED) is 0.430. The highest BCUT2D eigenvalue weighted by atomic mass is 32.2. The molecule has 0 N–H and O–H groups in total. The summed E-state index contributed by atoms with van der Waals surface area (Å²) in [5.41, 5.74) is 1.24. The van der Waals surface area contributed by atoms with Crippen molar-refractivity contribution in [1.29, 1.82) is 0 Å². The van der Waals surface area contributed by atoms with Gasteiger partial charge in [0.1, 0.15) is 5.82 Å². The minimum atomic E-state index is 0.309. The number of carbonyl (C=O) groups excluding carboxylic acids is 1. The van der Waals surface area contributed by atoms with Crippen LogP contribution in [0.3, 0.4) is 0 Å². The van der Waals surface area contributed by atoms with Crippen molar-refractivity contribution in [3.63, 3.8) is 0 Å². The Morgan fingerprint density at radius 2 is 1.46 bits per heavy atom. The van der Waals surface area contributed by atoms with Crippen molar-refractivity contribution >= 4 is 17.7 Å². The van der Waals surface area contributed by atoms with E-state index in [-0.39, 0.29) is 0 Å². The molecule has 2 aliphatic carbocycles. The van der Waals surface area contributed by atoms with E-state index in [0.717, 1.165) is 37.2 Å². The van der Waals surface area contributed by atoms with Crippen molar-refractivity contribution in [2.24, 2.45) is 0 Å². The molecule has 7 heteroatoms. The van der Waals surface area contributed by atoms with Crippen LogP contribution >= 0.6 is 11.8 Å². The van der Waals surface area contributed by atoms with Crippen LogP contribution in [0.5, 0.6) is 0 Å². The number of amides is 1. The fourth-order valence-electron chi connectivity index (χ4n) is 6.23. The van der Waals surface area contributed by atoms with Gasteiger partial charge >= 0.3 is 0 Å². The number of hydrogen-bond donors (Lipinski definition) is 0. The number of rotatable bonds is 9. The molecule has 35 heavy (non-hydrogen) atoms. The molecule has 1 saturated heterocycles. The molecule has 0 unspecified atom stereocenters. The molecule has 0 radical (unpaired) electrons. The molecule has 5 rings (SSSR count). The molecular weight excluding hydrogens is 454 g/mol. The van der Waals surface area contributed by atoms with Crippen LogP contribution in [0.1, 0.15) is 88.4 Å². The van der Waals surface area contributed by atoms with Crippen LogP contribution < -0.4 is 0 Å². The molecule has 2 saturated carbocycles. The average Bonchev–Trinajstić information content (AvgIpc) is 3.55. The third kappa shape index (κ3) is 6.48. The summed E-state index contributed by atoms with van der Waals surface area (Å²) in [6.45, 7) is 3.86. The SMILES string of the molecule is O=C(CSc1nnc(CN2CCCC2)n1Cc1ccccc1)N(C1CCCCC1)C1CCCCC1. The largest absolute Gasteiger partial charge is 0.336 e. The monoisotopic (exact) mass is 495 g/mol. The third-order valence-corrected chi connectivity index (χ3v) is 9.04. The van der Waals surface area contributed by atoms with E-state index >= 15 is 0 Å². The van der Waals surface area contributed by atoms with E-state index in [9.17, 15) is 4.79 Å². The van der Waals surface area contributed by atoms with Crippen molar-refractivity contribution in [2.75, 3.05) is 18.8 Å². The normalized spacial score (nSPS) is 20.3. The first kappa shape index (κ1) is 24.8. The van der Waals surface area contributed by atoms with Gasteiger partial charge in [0, 0.05) is 12.1 Å². The molecule has 1 amide bonds. The van der Waals surface area contributed by atoms with Crippen LogP contribution in [0.4, 0.5) is 0 Å². The van der Waals surface area contributed by atoms with E-state index in [4.69, 9.17) is 0 Å². The summed E-state index contributed by atoms with van der Waals surface area (Å²) in [5.74, 6) is 1.79. The standard InChI is InChI=1S/C28H41N5OS/c34-27(33(24-14-6-2-7-15-24)25-16-8-3-9-17-25)22-35-28-30-29-26(21-31-18-10-11-19-31)32(28)20-23-12-4-1-5-13-23/h1,4-5,12-13,24-25H,2-3,6-11,14-22H2. The van der Waals surface area contributed by atoms with Crippen LogP contribution in [-0.4, -0.2) is 61.4 Å². The maximum absolute atomic E-state index is 13.7. The predicted octanol–water partition coefficient (Wildman–Crippen LogP) is 5.51. The van der Waals surface area contributed by atoms with Crippen LogP contribution in [-0.2, 0) is 17.9 Å². The van der Waals surface area contributed by atoms with Crippen molar-refractivity contribution < 1.29 is 4.79 Å². The summed E-state index contributed by atoms with van der Waals surface area (Å²) < 4.78 is 2.25. The molecule has 6 nitrogen and oxygen atoms in total. The first-order chi connectivity index (χ1) is 17.3. The number of hydrogen-bond acceptors (Lipinski definition) is 5. The number of thioether (sulfide) groups is 1. The Balaban J connectivity index is 1.31. The molecule has 3 aliphatic rings. The maximum atomic E-state index is 13.7.